The van der Waals surface area contributed by atoms with Crippen molar-refractivity contribution in [1.29, 1.82) is 5.26 Å². The monoisotopic (exact) mass is 403 g/mol. The van der Waals surface area contributed by atoms with Crippen LogP contribution < -0.4 is 20.9 Å². The van der Waals surface area contributed by atoms with Crippen molar-refractivity contribution in [2.45, 2.75) is 26.7 Å². The maximum atomic E-state index is 12.6. The van der Waals surface area contributed by atoms with Gasteiger partial charge in [0.2, 0.25) is 11.9 Å². The first-order valence-electron chi connectivity index (χ1n) is 10.3. The van der Waals surface area contributed by atoms with Gasteiger partial charge in [-0.25, -0.2) is 9.97 Å². The third-order valence-corrected chi connectivity index (χ3v) is 5.49. The Morgan fingerprint density at radius 3 is 2.97 bits per heavy atom. The average Bonchev–Trinajstić information content (AvgIpc) is 3.15. The number of hydrogen-bond acceptors (Lipinski definition) is 7. The number of para-hydroxylation sites is 2. The molecule has 154 valence electrons. The van der Waals surface area contributed by atoms with E-state index in [1.165, 1.54) is 0 Å². The van der Waals surface area contributed by atoms with E-state index in [9.17, 15) is 10.1 Å². The highest BCUT2D eigenvalue weighted by Crippen LogP contribution is 2.38. The van der Waals surface area contributed by atoms with Gasteiger partial charge in [-0.1, -0.05) is 12.1 Å². The molecule has 0 saturated carbocycles. The predicted molar refractivity (Wildman–Crippen MR) is 117 cm³/mol. The highest BCUT2D eigenvalue weighted by atomic mass is 16.2. The van der Waals surface area contributed by atoms with E-state index < -0.39 is 0 Å². The van der Waals surface area contributed by atoms with Crippen LogP contribution in [0.5, 0.6) is 0 Å². The van der Waals surface area contributed by atoms with Gasteiger partial charge in [-0.3, -0.25) is 10.1 Å². The number of fused-ring (bicyclic) bond motifs is 1. The summed E-state index contributed by atoms with van der Waals surface area (Å²) in [5, 5.41) is 19.4. The zero-order chi connectivity index (χ0) is 21.1. The number of nitriles is 1. The van der Waals surface area contributed by atoms with Gasteiger partial charge in [0.15, 0.2) is 0 Å². The number of rotatable bonds is 4. The van der Waals surface area contributed by atoms with Crippen molar-refractivity contribution in [3.05, 3.63) is 47.5 Å². The van der Waals surface area contributed by atoms with E-state index in [0.29, 0.717) is 30.2 Å². The number of aryl methyl sites for hydroxylation is 1. The minimum absolute atomic E-state index is 0.0928. The standard InChI is InChI=1S/C22H25N7O/c1-3-29-18-9-5-4-8-17(18)26-20(29)16(11-23)19-14(2)12-25-22(27-19)28-21(30)15-7-6-10-24-13-15/h4-5,8-9,12,15,24,26H,3,6-7,10,13H2,1-2H3,(H,25,27,28,30)/b20-16+. The maximum absolute atomic E-state index is 12.6. The SMILES string of the molecule is CCN1/C(=C(\C#N)c2nc(NC(=O)C3CCCNC3)ncc2C)Nc2ccccc21. The Labute approximate surface area is 176 Å². The zero-order valence-electron chi connectivity index (χ0n) is 17.2. The molecule has 1 atom stereocenters. The van der Waals surface area contributed by atoms with Crippen LogP contribution in [0.15, 0.2) is 36.3 Å². The van der Waals surface area contributed by atoms with Gasteiger partial charge in [-0.05, 0) is 50.9 Å². The highest BCUT2D eigenvalue weighted by Gasteiger charge is 2.28. The van der Waals surface area contributed by atoms with Gasteiger partial charge < -0.3 is 15.5 Å². The number of benzene rings is 1. The predicted octanol–water partition coefficient (Wildman–Crippen LogP) is 2.87. The fourth-order valence-corrected chi connectivity index (χ4v) is 3.92. The van der Waals surface area contributed by atoms with E-state index in [1.807, 2.05) is 38.1 Å². The summed E-state index contributed by atoms with van der Waals surface area (Å²) in [6.07, 6.45) is 3.47. The molecule has 1 fully saturated rings. The lowest BCUT2D eigenvalue weighted by Crippen LogP contribution is -2.37. The quantitative estimate of drug-likeness (QED) is 0.674. The second-order valence-corrected chi connectivity index (χ2v) is 7.48. The lowest BCUT2D eigenvalue weighted by atomic mass is 9.99. The number of aromatic nitrogens is 2. The van der Waals surface area contributed by atoms with Crippen LogP contribution in [0.2, 0.25) is 0 Å². The van der Waals surface area contributed by atoms with Gasteiger partial charge in [0.1, 0.15) is 17.5 Å². The smallest absolute Gasteiger partial charge is 0.231 e. The van der Waals surface area contributed by atoms with Crippen LogP contribution in [-0.2, 0) is 4.79 Å². The van der Waals surface area contributed by atoms with Gasteiger partial charge in [0.05, 0.1) is 23.0 Å². The first-order chi connectivity index (χ1) is 14.6. The summed E-state index contributed by atoms with van der Waals surface area (Å²) in [5.74, 6) is 0.724. The first kappa shape index (κ1) is 19.9. The molecule has 2 aromatic rings. The molecule has 8 nitrogen and oxygen atoms in total. The van der Waals surface area contributed by atoms with Crippen LogP contribution in [0.1, 0.15) is 31.0 Å². The zero-order valence-corrected chi connectivity index (χ0v) is 17.2. The van der Waals surface area contributed by atoms with Crippen molar-refractivity contribution >= 4 is 28.8 Å². The third kappa shape index (κ3) is 3.72. The van der Waals surface area contributed by atoms with E-state index in [4.69, 9.17) is 0 Å². The summed E-state index contributed by atoms with van der Waals surface area (Å²) >= 11 is 0. The Morgan fingerprint density at radius 1 is 1.40 bits per heavy atom. The summed E-state index contributed by atoms with van der Waals surface area (Å²) in [7, 11) is 0. The van der Waals surface area contributed by atoms with Gasteiger partial charge in [0.25, 0.3) is 0 Å². The number of nitrogens with zero attached hydrogens (tertiary/aromatic N) is 4. The van der Waals surface area contributed by atoms with Crippen LogP contribution in [0.4, 0.5) is 17.3 Å². The van der Waals surface area contributed by atoms with Crippen molar-refractivity contribution < 1.29 is 4.79 Å². The second kappa shape index (κ2) is 8.51. The lowest BCUT2D eigenvalue weighted by molar-refractivity contribution is -0.120. The summed E-state index contributed by atoms with van der Waals surface area (Å²) in [6.45, 7) is 6.20. The molecule has 3 heterocycles. The molecule has 1 unspecified atom stereocenters. The molecule has 0 aliphatic carbocycles. The minimum Gasteiger partial charge on any atom is -0.339 e. The van der Waals surface area contributed by atoms with Crippen molar-refractivity contribution in [2.75, 3.05) is 35.2 Å². The van der Waals surface area contributed by atoms with Crippen LogP contribution >= 0.6 is 0 Å². The molecular formula is C22H25N7O. The number of hydrogen-bond donors (Lipinski definition) is 3. The molecule has 2 aliphatic rings. The molecule has 3 N–H and O–H groups in total. The normalized spacial score (nSPS) is 19.5. The van der Waals surface area contributed by atoms with Crippen molar-refractivity contribution in [1.82, 2.24) is 15.3 Å². The topological polar surface area (TPSA) is 106 Å². The van der Waals surface area contributed by atoms with E-state index in [1.54, 1.807) is 6.20 Å². The molecule has 1 aromatic carbocycles. The summed E-state index contributed by atoms with van der Waals surface area (Å²) < 4.78 is 0. The van der Waals surface area contributed by atoms with Crippen LogP contribution in [0, 0.1) is 24.2 Å². The third-order valence-electron chi connectivity index (χ3n) is 5.49. The molecule has 2 aliphatic heterocycles. The Bertz CT molecular complexity index is 1030. The largest absolute Gasteiger partial charge is 0.339 e. The van der Waals surface area contributed by atoms with E-state index in [-0.39, 0.29) is 17.8 Å². The number of amides is 1. The Morgan fingerprint density at radius 2 is 2.23 bits per heavy atom. The number of carbonyl (C=O) groups excluding carboxylic acids is 1. The van der Waals surface area contributed by atoms with Crippen LogP contribution in [-0.4, -0.2) is 35.5 Å². The molecule has 0 bridgehead atoms. The maximum Gasteiger partial charge on any atom is 0.231 e. The number of allylic oxidation sites excluding steroid dienone is 1. The molecule has 8 heteroatoms. The molecule has 0 spiro atoms. The Kier molecular flexibility index (Phi) is 5.63. The Balaban J connectivity index is 1.67. The first-order valence-corrected chi connectivity index (χ1v) is 10.3. The molecule has 30 heavy (non-hydrogen) atoms. The molecule has 4 rings (SSSR count). The Hall–Kier alpha value is -3.44. The fourth-order valence-electron chi connectivity index (χ4n) is 3.92. The van der Waals surface area contributed by atoms with Gasteiger partial charge in [-0.2, -0.15) is 5.26 Å². The summed E-state index contributed by atoms with van der Waals surface area (Å²) in [6, 6.07) is 10.2. The van der Waals surface area contributed by atoms with E-state index >= 15 is 0 Å². The number of anilines is 3. The van der Waals surface area contributed by atoms with Gasteiger partial charge in [0, 0.05) is 19.3 Å². The van der Waals surface area contributed by atoms with Gasteiger partial charge >= 0.3 is 0 Å². The lowest BCUT2D eigenvalue weighted by Gasteiger charge is -2.22. The summed E-state index contributed by atoms with van der Waals surface area (Å²) in [5.41, 5.74) is 3.67. The highest BCUT2D eigenvalue weighted by molar-refractivity contribution is 5.93. The molecular weight excluding hydrogens is 378 g/mol. The summed E-state index contributed by atoms with van der Waals surface area (Å²) in [4.78, 5) is 23.4. The number of piperidine rings is 1. The fraction of sp³-hybridized carbons (Fsp3) is 0.364. The second-order valence-electron chi connectivity index (χ2n) is 7.48. The van der Waals surface area contributed by atoms with Crippen LogP contribution in [0.25, 0.3) is 5.57 Å². The average molecular weight is 403 g/mol. The van der Waals surface area contributed by atoms with Crippen molar-refractivity contribution in [3.8, 4) is 6.07 Å². The molecule has 1 aromatic heterocycles. The van der Waals surface area contributed by atoms with Crippen molar-refractivity contribution in [2.24, 2.45) is 5.92 Å². The molecule has 1 saturated heterocycles. The molecule has 0 radical (unpaired) electrons. The number of carbonyl (C=O) groups is 1. The van der Waals surface area contributed by atoms with Crippen LogP contribution in [0.3, 0.4) is 0 Å². The van der Waals surface area contributed by atoms with Gasteiger partial charge in [-0.15, -0.1) is 0 Å². The minimum atomic E-state index is -0.0949. The molecule has 1 amide bonds. The van der Waals surface area contributed by atoms with Crippen molar-refractivity contribution in [3.63, 3.8) is 0 Å². The van der Waals surface area contributed by atoms with E-state index in [0.717, 1.165) is 36.3 Å². The number of nitrogens with one attached hydrogen (secondary N) is 3. The van der Waals surface area contributed by atoms with E-state index in [2.05, 4.69) is 36.9 Å².